The Hall–Kier alpha value is -1.31. The van der Waals surface area contributed by atoms with Crippen LogP contribution in [0.15, 0.2) is 24.3 Å². The average Bonchev–Trinajstić information content (AvgIpc) is 2.59. The maximum absolute atomic E-state index is 12.5. The second-order valence-electron chi connectivity index (χ2n) is 8.52. The van der Waals surface area contributed by atoms with Crippen LogP contribution in [-0.4, -0.2) is 53.7 Å². The summed E-state index contributed by atoms with van der Waals surface area (Å²) in [6.45, 7) is 6.79. The minimum atomic E-state index is -4.70. The molecule has 28 heavy (non-hydrogen) atoms. The van der Waals surface area contributed by atoms with Crippen molar-refractivity contribution in [2.45, 2.75) is 75.9 Å². The Morgan fingerprint density at radius 1 is 1.11 bits per heavy atom. The Balaban J connectivity index is 1.81. The van der Waals surface area contributed by atoms with Crippen LogP contribution < -0.4 is 10.1 Å². The number of hydrogen-bond donors (Lipinski definition) is 2. The smallest absolute Gasteiger partial charge is 0.406 e. The highest BCUT2D eigenvalue weighted by molar-refractivity contribution is 5.32. The van der Waals surface area contributed by atoms with Crippen LogP contribution in [-0.2, 0) is 0 Å². The van der Waals surface area contributed by atoms with Gasteiger partial charge in [0.05, 0.1) is 5.60 Å². The van der Waals surface area contributed by atoms with Crippen molar-refractivity contribution in [2.24, 2.45) is 0 Å². The van der Waals surface area contributed by atoms with E-state index < -0.39 is 12.0 Å². The fourth-order valence-electron chi connectivity index (χ4n) is 4.85. The summed E-state index contributed by atoms with van der Waals surface area (Å²) in [5.74, 6) is -0.361. The maximum Gasteiger partial charge on any atom is 0.573 e. The molecule has 0 unspecified atom stereocenters. The van der Waals surface area contributed by atoms with Crippen LogP contribution >= 0.6 is 0 Å². The molecule has 2 aliphatic rings. The third-order valence-corrected chi connectivity index (χ3v) is 5.96. The second-order valence-corrected chi connectivity index (χ2v) is 8.52. The van der Waals surface area contributed by atoms with Gasteiger partial charge in [0.1, 0.15) is 5.75 Å². The topological polar surface area (TPSA) is 44.7 Å². The van der Waals surface area contributed by atoms with E-state index >= 15 is 0 Å². The predicted octanol–water partition coefficient (Wildman–Crippen LogP) is 4.05. The predicted molar refractivity (Wildman–Crippen MR) is 102 cm³/mol. The Labute approximate surface area is 165 Å². The highest BCUT2D eigenvalue weighted by Crippen LogP contribution is 2.41. The van der Waals surface area contributed by atoms with E-state index in [2.05, 4.69) is 28.8 Å². The fraction of sp³-hybridized carbons (Fsp3) is 0.714. The van der Waals surface area contributed by atoms with Crippen molar-refractivity contribution in [3.8, 4) is 5.75 Å². The van der Waals surface area contributed by atoms with Gasteiger partial charge in [0, 0.05) is 37.6 Å². The minimum Gasteiger partial charge on any atom is -0.406 e. The van der Waals surface area contributed by atoms with Gasteiger partial charge in [-0.1, -0.05) is 31.4 Å². The number of halogens is 3. The first-order valence-corrected chi connectivity index (χ1v) is 10.2. The molecule has 4 nitrogen and oxygen atoms in total. The molecule has 3 rings (SSSR count). The lowest BCUT2D eigenvalue weighted by atomic mass is 9.72. The van der Waals surface area contributed by atoms with E-state index in [0.717, 1.165) is 50.8 Å². The number of alkyl halides is 3. The number of piperazine rings is 1. The first-order chi connectivity index (χ1) is 13.1. The molecule has 1 aromatic carbocycles. The number of aliphatic hydroxyl groups is 1. The molecule has 1 aliphatic carbocycles. The fourth-order valence-corrected chi connectivity index (χ4v) is 4.85. The van der Waals surface area contributed by atoms with Crippen molar-refractivity contribution in [3.63, 3.8) is 0 Å². The molecule has 0 radical (unpaired) electrons. The molecular weight excluding hydrogens is 369 g/mol. The highest BCUT2D eigenvalue weighted by Gasteiger charge is 2.40. The lowest BCUT2D eigenvalue weighted by molar-refractivity contribution is -0.274. The largest absolute Gasteiger partial charge is 0.573 e. The number of benzene rings is 1. The summed E-state index contributed by atoms with van der Waals surface area (Å²) in [7, 11) is 0. The zero-order valence-electron chi connectivity index (χ0n) is 16.6. The van der Waals surface area contributed by atoms with Crippen LogP contribution in [0.2, 0.25) is 0 Å². The molecule has 0 spiro atoms. The van der Waals surface area contributed by atoms with Crippen LogP contribution in [0.25, 0.3) is 0 Å². The third kappa shape index (κ3) is 5.61. The quantitative estimate of drug-likeness (QED) is 0.783. The normalized spacial score (nSPS) is 27.4. The Bertz CT molecular complexity index is 620. The molecule has 0 bridgehead atoms. The van der Waals surface area contributed by atoms with Gasteiger partial charge in [0.2, 0.25) is 0 Å². The Morgan fingerprint density at radius 3 is 2.21 bits per heavy atom. The van der Waals surface area contributed by atoms with Crippen molar-refractivity contribution < 1.29 is 23.0 Å². The van der Waals surface area contributed by atoms with Gasteiger partial charge in [-0.05, 0) is 44.4 Å². The van der Waals surface area contributed by atoms with E-state index in [1.54, 1.807) is 12.1 Å². The molecule has 0 aromatic heterocycles. The van der Waals surface area contributed by atoms with Crippen molar-refractivity contribution in [3.05, 3.63) is 29.8 Å². The molecule has 2 fully saturated rings. The van der Waals surface area contributed by atoms with Crippen molar-refractivity contribution in [2.75, 3.05) is 19.6 Å². The Morgan fingerprint density at radius 2 is 1.68 bits per heavy atom. The molecule has 1 aliphatic heterocycles. The summed E-state index contributed by atoms with van der Waals surface area (Å²) < 4.78 is 41.4. The summed E-state index contributed by atoms with van der Waals surface area (Å²) in [5.41, 5.74) is 0.0555. The molecule has 2 N–H and O–H groups in total. The van der Waals surface area contributed by atoms with Gasteiger partial charge in [-0.2, -0.15) is 0 Å². The van der Waals surface area contributed by atoms with Gasteiger partial charge in [-0.15, -0.1) is 13.2 Å². The molecule has 7 heteroatoms. The second kappa shape index (κ2) is 8.59. The number of nitrogens with zero attached hydrogens (tertiary/aromatic N) is 1. The first-order valence-electron chi connectivity index (χ1n) is 10.2. The van der Waals surface area contributed by atoms with E-state index in [0.29, 0.717) is 18.6 Å². The van der Waals surface area contributed by atoms with Crippen molar-refractivity contribution in [1.29, 1.82) is 0 Å². The lowest BCUT2D eigenvalue weighted by Crippen LogP contribution is -2.56. The molecule has 1 heterocycles. The van der Waals surface area contributed by atoms with Gasteiger partial charge >= 0.3 is 6.36 Å². The first kappa shape index (κ1) is 21.4. The van der Waals surface area contributed by atoms with Crippen LogP contribution in [0.4, 0.5) is 13.2 Å². The summed E-state index contributed by atoms with van der Waals surface area (Å²) in [5, 5.41) is 15.0. The van der Waals surface area contributed by atoms with Crippen molar-refractivity contribution in [1.82, 2.24) is 10.2 Å². The Kier molecular flexibility index (Phi) is 6.57. The van der Waals surface area contributed by atoms with E-state index in [1.807, 2.05) is 0 Å². The lowest BCUT2D eigenvalue weighted by Gasteiger charge is -2.44. The molecule has 158 valence electrons. The zero-order valence-corrected chi connectivity index (χ0v) is 16.6. The van der Waals surface area contributed by atoms with Crippen molar-refractivity contribution >= 4 is 0 Å². The highest BCUT2D eigenvalue weighted by atomic mass is 19.4. The molecule has 1 aromatic rings. The van der Waals surface area contributed by atoms with Gasteiger partial charge < -0.3 is 15.2 Å². The van der Waals surface area contributed by atoms with Gasteiger partial charge in [0.25, 0.3) is 0 Å². The minimum absolute atomic E-state index is 0.134. The summed E-state index contributed by atoms with van der Waals surface area (Å²) >= 11 is 0. The molecule has 1 saturated carbocycles. The zero-order chi connectivity index (χ0) is 20.4. The van der Waals surface area contributed by atoms with Gasteiger partial charge in [0.15, 0.2) is 0 Å². The monoisotopic (exact) mass is 400 g/mol. The van der Waals surface area contributed by atoms with Crippen LogP contribution in [0.5, 0.6) is 5.75 Å². The van der Waals surface area contributed by atoms with Crippen LogP contribution in [0.1, 0.15) is 57.4 Å². The third-order valence-electron chi connectivity index (χ3n) is 5.96. The van der Waals surface area contributed by atoms with Gasteiger partial charge in [-0.25, -0.2) is 0 Å². The van der Waals surface area contributed by atoms with E-state index in [1.165, 1.54) is 12.1 Å². The standard InChI is InChI=1S/C21H31F3N2O2/c1-15-12-26(13-16(2)25-15)14-19(20(27)10-4-3-5-11-20)17-6-8-18(9-7-17)28-21(22,23)24/h6-9,15-16,19,25,27H,3-5,10-14H2,1-2H3/t15-,16+,19-/m1/s1. The number of rotatable bonds is 5. The van der Waals surface area contributed by atoms with Crippen LogP contribution in [0, 0.1) is 0 Å². The molecule has 1 saturated heterocycles. The van der Waals surface area contributed by atoms with E-state index in [9.17, 15) is 18.3 Å². The summed E-state index contributed by atoms with van der Waals surface area (Å²) in [6, 6.07) is 6.79. The van der Waals surface area contributed by atoms with Gasteiger partial charge in [-0.3, -0.25) is 4.90 Å². The summed E-state index contributed by atoms with van der Waals surface area (Å²) in [4.78, 5) is 2.36. The maximum atomic E-state index is 12.5. The van der Waals surface area contributed by atoms with E-state index in [-0.39, 0.29) is 11.7 Å². The SMILES string of the molecule is C[C@@H]1CN(C[C@H](c2ccc(OC(F)(F)F)cc2)C2(O)CCCCC2)C[C@H](C)N1. The number of nitrogens with one attached hydrogen (secondary N) is 1. The number of hydrogen-bond acceptors (Lipinski definition) is 4. The summed E-state index contributed by atoms with van der Waals surface area (Å²) in [6.07, 6.45) is -0.150. The molecule has 0 amide bonds. The van der Waals surface area contributed by atoms with E-state index in [4.69, 9.17) is 0 Å². The molecule has 3 atom stereocenters. The average molecular weight is 400 g/mol. The number of ether oxygens (including phenoxy) is 1. The van der Waals surface area contributed by atoms with Crippen LogP contribution in [0.3, 0.4) is 0 Å². The molecular formula is C21H31F3N2O2.